The molecular formula is C80H156O17P2. The van der Waals surface area contributed by atoms with Crippen LogP contribution in [-0.2, 0) is 65.4 Å². The first-order chi connectivity index (χ1) is 47.7. The zero-order valence-electron chi connectivity index (χ0n) is 65.1. The zero-order valence-corrected chi connectivity index (χ0v) is 66.9. The van der Waals surface area contributed by atoms with Crippen LogP contribution in [0.3, 0.4) is 0 Å². The number of aliphatic hydroxyl groups excluding tert-OH is 1. The minimum atomic E-state index is -4.96. The summed E-state index contributed by atoms with van der Waals surface area (Å²) >= 11 is 0. The number of ether oxygens (including phenoxy) is 4. The van der Waals surface area contributed by atoms with Crippen LogP contribution in [0.1, 0.15) is 409 Å². The summed E-state index contributed by atoms with van der Waals surface area (Å²) in [7, 11) is -9.92. The van der Waals surface area contributed by atoms with Crippen molar-refractivity contribution in [1.29, 1.82) is 0 Å². The SMILES string of the molecule is CCC(C)CCCCCCCCCCCCCCCCCCCCC(=O)OC[C@H](COP(=O)(O)OCC(O)COP(=O)(O)OC[C@@H](COC(=O)CCCCCCCCCC(C)C)OC(=O)CCCCCCCCCCCCCCC(C)C)OC(=O)CCCCCCCCCCC(C)CC. The van der Waals surface area contributed by atoms with Crippen LogP contribution in [0, 0.1) is 23.7 Å². The summed E-state index contributed by atoms with van der Waals surface area (Å²) in [6, 6.07) is 0. The molecule has 99 heavy (non-hydrogen) atoms. The predicted octanol–water partition coefficient (Wildman–Crippen LogP) is 23.6. The van der Waals surface area contributed by atoms with Gasteiger partial charge in [0.25, 0.3) is 0 Å². The Bertz CT molecular complexity index is 1940. The Morgan fingerprint density at radius 3 is 0.717 bits per heavy atom. The van der Waals surface area contributed by atoms with Crippen LogP contribution in [0.2, 0.25) is 0 Å². The van der Waals surface area contributed by atoms with Crippen molar-refractivity contribution in [2.75, 3.05) is 39.6 Å². The first kappa shape index (κ1) is 97.1. The molecule has 0 bridgehead atoms. The number of esters is 4. The molecule has 0 aliphatic carbocycles. The summed E-state index contributed by atoms with van der Waals surface area (Å²) in [5, 5.41) is 10.6. The first-order valence-electron chi connectivity index (χ1n) is 41.3. The minimum Gasteiger partial charge on any atom is -0.462 e. The minimum absolute atomic E-state index is 0.105. The van der Waals surface area contributed by atoms with Crippen molar-refractivity contribution in [2.24, 2.45) is 23.7 Å². The second kappa shape index (κ2) is 69.1. The molecule has 19 heteroatoms. The number of hydrogen-bond acceptors (Lipinski definition) is 15. The van der Waals surface area contributed by atoms with Gasteiger partial charge in [-0.3, -0.25) is 37.3 Å². The maximum atomic E-state index is 13.1. The van der Waals surface area contributed by atoms with Gasteiger partial charge in [-0.05, 0) is 49.4 Å². The average Bonchev–Trinajstić information content (AvgIpc) is 1.69. The molecular weight excluding hydrogens is 1290 g/mol. The van der Waals surface area contributed by atoms with Crippen molar-refractivity contribution in [2.45, 2.75) is 427 Å². The average molecular weight is 1450 g/mol. The molecule has 0 saturated carbocycles. The molecule has 0 spiro atoms. The lowest BCUT2D eigenvalue weighted by molar-refractivity contribution is -0.161. The molecule has 5 unspecified atom stereocenters. The fraction of sp³-hybridized carbons (Fsp3) is 0.950. The molecule has 0 amide bonds. The third kappa shape index (κ3) is 71.5. The van der Waals surface area contributed by atoms with Gasteiger partial charge in [0, 0.05) is 25.7 Å². The van der Waals surface area contributed by atoms with E-state index in [0.717, 1.165) is 114 Å². The number of carbonyl (C=O) groups excluding carboxylic acids is 4. The third-order valence-corrected chi connectivity index (χ3v) is 21.2. The van der Waals surface area contributed by atoms with E-state index in [2.05, 4.69) is 55.4 Å². The molecule has 0 aromatic heterocycles. The van der Waals surface area contributed by atoms with E-state index >= 15 is 0 Å². The van der Waals surface area contributed by atoms with Gasteiger partial charge < -0.3 is 33.8 Å². The normalized spacial score (nSPS) is 14.6. The van der Waals surface area contributed by atoms with Gasteiger partial charge in [-0.15, -0.1) is 0 Å². The summed E-state index contributed by atoms with van der Waals surface area (Å²) < 4.78 is 68.6. The summed E-state index contributed by atoms with van der Waals surface area (Å²) in [6.07, 6.45) is 55.6. The number of phosphoric ester groups is 2. The largest absolute Gasteiger partial charge is 0.472 e. The Morgan fingerprint density at radius 2 is 0.485 bits per heavy atom. The second-order valence-electron chi connectivity index (χ2n) is 30.2. The van der Waals surface area contributed by atoms with E-state index in [4.69, 9.17) is 37.0 Å². The quantitative estimate of drug-likeness (QED) is 0.0222. The van der Waals surface area contributed by atoms with Gasteiger partial charge in [0.2, 0.25) is 0 Å². The summed E-state index contributed by atoms with van der Waals surface area (Å²) in [5.74, 6) is 1.01. The molecule has 588 valence electrons. The first-order valence-corrected chi connectivity index (χ1v) is 44.3. The van der Waals surface area contributed by atoms with Crippen LogP contribution in [0.4, 0.5) is 0 Å². The molecule has 7 atom stereocenters. The summed E-state index contributed by atoms with van der Waals surface area (Å²) in [6.45, 7) is 14.2. The Labute approximate surface area is 607 Å². The van der Waals surface area contributed by atoms with Crippen molar-refractivity contribution >= 4 is 39.5 Å². The number of phosphoric acid groups is 2. The lowest BCUT2D eigenvalue weighted by Gasteiger charge is -2.21. The topological polar surface area (TPSA) is 237 Å². The van der Waals surface area contributed by atoms with E-state index in [0.29, 0.717) is 31.6 Å². The van der Waals surface area contributed by atoms with Crippen LogP contribution in [0.25, 0.3) is 0 Å². The monoisotopic (exact) mass is 1450 g/mol. The second-order valence-corrected chi connectivity index (χ2v) is 33.1. The molecule has 0 rings (SSSR count). The van der Waals surface area contributed by atoms with Gasteiger partial charge >= 0.3 is 39.5 Å². The highest BCUT2D eigenvalue weighted by molar-refractivity contribution is 7.47. The molecule has 0 aliphatic heterocycles. The molecule has 0 saturated heterocycles. The van der Waals surface area contributed by atoms with Crippen molar-refractivity contribution in [3.63, 3.8) is 0 Å². The van der Waals surface area contributed by atoms with Crippen LogP contribution in [0.15, 0.2) is 0 Å². The number of carbonyl (C=O) groups is 4. The van der Waals surface area contributed by atoms with Crippen molar-refractivity contribution in [1.82, 2.24) is 0 Å². The van der Waals surface area contributed by atoms with E-state index in [1.165, 1.54) is 205 Å². The van der Waals surface area contributed by atoms with Crippen LogP contribution in [-0.4, -0.2) is 96.7 Å². The van der Waals surface area contributed by atoms with Gasteiger partial charge in [-0.1, -0.05) is 357 Å². The number of aliphatic hydroxyl groups is 1. The maximum Gasteiger partial charge on any atom is 0.472 e. The Hall–Kier alpha value is -1.94. The molecule has 0 radical (unpaired) electrons. The number of unbranched alkanes of at least 4 members (excludes halogenated alkanes) is 41. The van der Waals surface area contributed by atoms with Crippen LogP contribution in [0.5, 0.6) is 0 Å². The highest BCUT2D eigenvalue weighted by Gasteiger charge is 2.30. The Balaban J connectivity index is 5.17. The van der Waals surface area contributed by atoms with Gasteiger partial charge in [0.15, 0.2) is 12.2 Å². The van der Waals surface area contributed by atoms with Gasteiger partial charge in [-0.2, -0.15) is 0 Å². The Morgan fingerprint density at radius 1 is 0.283 bits per heavy atom. The molecule has 0 aromatic rings. The van der Waals surface area contributed by atoms with Gasteiger partial charge in [0.1, 0.15) is 19.3 Å². The standard InChI is InChI=1S/C80H156O17P2/c1-9-72(7)58-50-42-34-26-22-17-15-13-11-12-14-16-18-23-27-36-44-52-60-77(82)90-66-75(97-80(85)63-55-47-38-30-29-35-43-51-59-73(8)10-2)68-94-98(86,87)92-64-74(81)65-93-99(88,89)95-69-76(67-91-78(83)61-53-45-39-31-33-41-49-57-71(5)6)96-79(84)62-54-46-37-28-24-20-19-21-25-32-40-48-56-70(3)4/h70-76,81H,9-69H2,1-8H3,(H,86,87)(H,88,89)/t72?,73?,74?,75-,76-/m1/s1. The third-order valence-electron chi connectivity index (χ3n) is 19.3. The van der Waals surface area contributed by atoms with Gasteiger partial charge in [0.05, 0.1) is 26.4 Å². The van der Waals surface area contributed by atoms with E-state index in [9.17, 15) is 43.2 Å². The van der Waals surface area contributed by atoms with E-state index < -0.39 is 97.5 Å². The number of hydrogen-bond donors (Lipinski definition) is 3. The van der Waals surface area contributed by atoms with Crippen molar-refractivity contribution in [3.8, 4) is 0 Å². The molecule has 0 fully saturated rings. The van der Waals surface area contributed by atoms with E-state index in [1.54, 1.807) is 0 Å². The fourth-order valence-corrected chi connectivity index (χ4v) is 13.8. The fourth-order valence-electron chi connectivity index (χ4n) is 12.2. The maximum absolute atomic E-state index is 13.1. The summed E-state index contributed by atoms with van der Waals surface area (Å²) in [5.41, 5.74) is 0. The van der Waals surface area contributed by atoms with Crippen LogP contribution < -0.4 is 0 Å². The highest BCUT2D eigenvalue weighted by Crippen LogP contribution is 2.45. The van der Waals surface area contributed by atoms with Crippen molar-refractivity contribution in [3.05, 3.63) is 0 Å². The van der Waals surface area contributed by atoms with Crippen LogP contribution >= 0.6 is 15.6 Å². The van der Waals surface area contributed by atoms with Crippen molar-refractivity contribution < 1.29 is 80.2 Å². The zero-order chi connectivity index (χ0) is 73.1. The smallest absolute Gasteiger partial charge is 0.462 e. The number of rotatable bonds is 77. The molecule has 0 aliphatic rings. The lowest BCUT2D eigenvalue weighted by Crippen LogP contribution is -2.30. The highest BCUT2D eigenvalue weighted by atomic mass is 31.2. The predicted molar refractivity (Wildman–Crippen MR) is 404 cm³/mol. The molecule has 0 aromatic carbocycles. The molecule has 17 nitrogen and oxygen atoms in total. The van der Waals surface area contributed by atoms with E-state index in [-0.39, 0.29) is 25.7 Å². The Kier molecular flexibility index (Phi) is 67.8. The molecule has 0 heterocycles. The lowest BCUT2D eigenvalue weighted by atomic mass is 9.99. The molecule has 3 N–H and O–H groups in total. The van der Waals surface area contributed by atoms with Gasteiger partial charge in [-0.25, -0.2) is 9.13 Å². The van der Waals surface area contributed by atoms with E-state index in [1.807, 2.05) is 0 Å². The summed E-state index contributed by atoms with van der Waals surface area (Å²) in [4.78, 5) is 72.9.